The zero-order valence-electron chi connectivity index (χ0n) is 11.7. The quantitative estimate of drug-likeness (QED) is 0.856. The molecule has 20 heavy (non-hydrogen) atoms. The number of aromatic nitrogens is 2. The molecule has 0 aromatic carbocycles. The van der Waals surface area contributed by atoms with Gasteiger partial charge in [0.25, 0.3) is 0 Å². The summed E-state index contributed by atoms with van der Waals surface area (Å²) in [5.41, 5.74) is 0. The number of nitrogens with zero attached hydrogens (tertiary/aromatic N) is 3. The molecule has 2 aliphatic rings. The largest absolute Gasteiger partial charge is 0.374 e. The highest BCUT2D eigenvalue weighted by atomic mass is 16.5. The van der Waals surface area contributed by atoms with Gasteiger partial charge in [-0.15, -0.1) is 0 Å². The second-order valence-electron chi connectivity index (χ2n) is 5.34. The summed E-state index contributed by atoms with van der Waals surface area (Å²) < 4.78 is 5.87. The van der Waals surface area contributed by atoms with Gasteiger partial charge >= 0.3 is 0 Å². The molecule has 1 saturated carbocycles. The van der Waals surface area contributed by atoms with Gasteiger partial charge in [-0.2, -0.15) is 0 Å². The predicted molar refractivity (Wildman–Crippen MR) is 74.3 cm³/mol. The fourth-order valence-electron chi connectivity index (χ4n) is 3.24. The number of anilines is 1. The summed E-state index contributed by atoms with van der Waals surface area (Å²) in [4.78, 5) is 22.8. The molecule has 3 rings (SSSR count). The summed E-state index contributed by atoms with van der Waals surface area (Å²) in [6.45, 7) is 1.48. The van der Waals surface area contributed by atoms with Crippen LogP contribution in [0.15, 0.2) is 18.5 Å². The number of amides is 1. The molecule has 1 saturated heterocycles. The van der Waals surface area contributed by atoms with E-state index in [1.165, 1.54) is 0 Å². The Kier molecular flexibility index (Phi) is 3.82. The number of ether oxygens (including phenoxy) is 1. The Bertz CT molecular complexity index is 468. The minimum Gasteiger partial charge on any atom is -0.374 e. The summed E-state index contributed by atoms with van der Waals surface area (Å²) in [6.07, 6.45) is 6.32. The van der Waals surface area contributed by atoms with Gasteiger partial charge in [-0.1, -0.05) is 0 Å². The maximum absolute atomic E-state index is 11.9. The average Bonchev–Trinajstić information content (AvgIpc) is 2.54. The molecule has 2 fully saturated rings. The molecule has 6 heteroatoms. The van der Waals surface area contributed by atoms with Crippen LogP contribution >= 0.6 is 0 Å². The molecule has 1 aliphatic carbocycles. The van der Waals surface area contributed by atoms with Crippen LogP contribution in [0.4, 0.5) is 5.95 Å². The molecule has 1 aliphatic heterocycles. The lowest BCUT2D eigenvalue weighted by Gasteiger charge is -2.45. The second kappa shape index (κ2) is 5.75. The standard InChI is InChI=1S/C14H20N4O2/c1-15-13(19)10-3-4-12-11(9-10)18(7-8-20-12)14-16-5-2-6-17-14/h2,5-6,10-12H,3-4,7-9H2,1H3,(H,15,19)/t10-,11+,12+/m0/s1. The minimum atomic E-state index is 0.0640. The smallest absolute Gasteiger partial charge is 0.225 e. The monoisotopic (exact) mass is 276 g/mol. The molecule has 1 aromatic rings. The number of fused-ring (bicyclic) bond motifs is 1. The Hall–Kier alpha value is -1.69. The molecule has 1 N–H and O–H groups in total. The fraction of sp³-hybridized carbons (Fsp3) is 0.643. The third kappa shape index (κ3) is 2.47. The number of carbonyl (C=O) groups excluding carboxylic acids is 1. The number of nitrogens with one attached hydrogen (secondary N) is 1. The van der Waals surface area contributed by atoms with Crippen LogP contribution in [-0.4, -0.2) is 48.2 Å². The minimum absolute atomic E-state index is 0.0640. The van der Waals surface area contributed by atoms with E-state index in [0.29, 0.717) is 6.61 Å². The van der Waals surface area contributed by atoms with E-state index in [9.17, 15) is 4.79 Å². The van der Waals surface area contributed by atoms with Crippen molar-refractivity contribution >= 4 is 11.9 Å². The summed E-state index contributed by atoms with van der Waals surface area (Å²) >= 11 is 0. The summed E-state index contributed by atoms with van der Waals surface area (Å²) in [7, 11) is 1.70. The van der Waals surface area contributed by atoms with Gasteiger partial charge in [0.1, 0.15) is 0 Å². The van der Waals surface area contributed by atoms with E-state index >= 15 is 0 Å². The summed E-state index contributed by atoms with van der Waals surface area (Å²) in [5.74, 6) is 0.931. The molecule has 0 unspecified atom stereocenters. The van der Waals surface area contributed by atoms with Gasteiger partial charge in [-0.05, 0) is 25.3 Å². The van der Waals surface area contributed by atoms with Crippen LogP contribution in [0.2, 0.25) is 0 Å². The van der Waals surface area contributed by atoms with Gasteiger partial charge in [-0.3, -0.25) is 4.79 Å². The van der Waals surface area contributed by atoms with Crippen LogP contribution in [0.25, 0.3) is 0 Å². The molecule has 0 bridgehead atoms. The van der Waals surface area contributed by atoms with Crippen LogP contribution in [0.1, 0.15) is 19.3 Å². The van der Waals surface area contributed by atoms with Crippen LogP contribution in [0, 0.1) is 5.92 Å². The highest BCUT2D eigenvalue weighted by Gasteiger charge is 2.40. The van der Waals surface area contributed by atoms with Crippen molar-refractivity contribution in [3.8, 4) is 0 Å². The van der Waals surface area contributed by atoms with Crippen molar-refractivity contribution in [1.29, 1.82) is 0 Å². The highest BCUT2D eigenvalue weighted by molar-refractivity contribution is 5.78. The van der Waals surface area contributed by atoms with E-state index in [-0.39, 0.29) is 24.0 Å². The first-order valence-electron chi connectivity index (χ1n) is 7.16. The van der Waals surface area contributed by atoms with Crippen molar-refractivity contribution in [1.82, 2.24) is 15.3 Å². The van der Waals surface area contributed by atoms with Crippen molar-refractivity contribution in [3.63, 3.8) is 0 Å². The second-order valence-corrected chi connectivity index (χ2v) is 5.34. The number of rotatable bonds is 2. The molecule has 1 amide bonds. The Morgan fingerprint density at radius 3 is 2.95 bits per heavy atom. The van der Waals surface area contributed by atoms with E-state index in [4.69, 9.17) is 4.74 Å². The normalized spacial score (nSPS) is 29.6. The zero-order chi connectivity index (χ0) is 13.9. The molecule has 0 spiro atoms. The molecule has 2 heterocycles. The average molecular weight is 276 g/mol. The van der Waals surface area contributed by atoms with Crippen LogP contribution in [0.3, 0.4) is 0 Å². The van der Waals surface area contributed by atoms with Gasteiger partial charge in [0.2, 0.25) is 11.9 Å². The third-order valence-corrected chi connectivity index (χ3v) is 4.25. The van der Waals surface area contributed by atoms with Crippen LogP contribution < -0.4 is 10.2 Å². The lowest BCUT2D eigenvalue weighted by molar-refractivity contribution is -0.127. The van der Waals surface area contributed by atoms with E-state index in [0.717, 1.165) is 31.8 Å². The first-order valence-corrected chi connectivity index (χ1v) is 7.16. The molecular weight excluding hydrogens is 256 g/mol. The van der Waals surface area contributed by atoms with E-state index < -0.39 is 0 Å². The number of hydrogen-bond donors (Lipinski definition) is 1. The van der Waals surface area contributed by atoms with Gasteiger partial charge in [-0.25, -0.2) is 9.97 Å². The molecule has 3 atom stereocenters. The van der Waals surface area contributed by atoms with Crippen molar-refractivity contribution in [2.45, 2.75) is 31.4 Å². The zero-order valence-corrected chi connectivity index (χ0v) is 11.7. The Labute approximate surface area is 118 Å². The molecule has 1 aromatic heterocycles. The van der Waals surface area contributed by atoms with Crippen molar-refractivity contribution in [3.05, 3.63) is 18.5 Å². The fourth-order valence-corrected chi connectivity index (χ4v) is 3.24. The SMILES string of the molecule is CNC(=O)[C@H]1CC[C@H]2OCCN(c3ncccn3)[C@@H]2C1. The Morgan fingerprint density at radius 1 is 1.40 bits per heavy atom. The summed E-state index contributed by atoms with van der Waals surface area (Å²) in [5, 5.41) is 2.76. The van der Waals surface area contributed by atoms with Gasteiger partial charge in [0, 0.05) is 31.9 Å². The third-order valence-electron chi connectivity index (χ3n) is 4.25. The molecule has 108 valence electrons. The predicted octanol–water partition coefficient (Wildman–Crippen LogP) is 0.596. The van der Waals surface area contributed by atoms with Crippen molar-refractivity contribution in [2.75, 3.05) is 25.1 Å². The highest BCUT2D eigenvalue weighted by Crippen LogP contribution is 2.33. The Morgan fingerprint density at radius 2 is 2.20 bits per heavy atom. The number of morpholine rings is 1. The van der Waals surface area contributed by atoms with Crippen molar-refractivity contribution in [2.24, 2.45) is 5.92 Å². The van der Waals surface area contributed by atoms with Gasteiger partial charge < -0.3 is 15.0 Å². The molecule has 6 nitrogen and oxygen atoms in total. The molecular formula is C14H20N4O2. The van der Waals surface area contributed by atoms with Gasteiger partial charge in [0.15, 0.2) is 0 Å². The lowest BCUT2D eigenvalue weighted by Crippen LogP contribution is -2.56. The van der Waals surface area contributed by atoms with E-state index in [2.05, 4.69) is 20.2 Å². The Balaban J connectivity index is 1.79. The molecule has 0 radical (unpaired) electrons. The maximum Gasteiger partial charge on any atom is 0.225 e. The number of carbonyl (C=O) groups is 1. The topological polar surface area (TPSA) is 67.3 Å². The van der Waals surface area contributed by atoms with Crippen LogP contribution in [-0.2, 0) is 9.53 Å². The first-order chi connectivity index (χ1) is 9.79. The lowest BCUT2D eigenvalue weighted by atomic mass is 9.81. The van der Waals surface area contributed by atoms with Crippen molar-refractivity contribution < 1.29 is 9.53 Å². The maximum atomic E-state index is 11.9. The van der Waals surface area contributed by atoms with Gasteiger partial charge in [0.05, 0.1) is 18.8 Å². The summed E-state index contributed by atoms with van der Waals surface area (Å²) in [6, 6.07) is 2.01. The first kappa shape index (κ1) is 13.3. The van der Waals surface area contributed by atoms with Crippen LogP contribution in [0.5, 0.6) is 0 Å². The number of hydrogen-bond acceptors (Lipinski definition) is 5. The van der Waals surface area contributed by atoms with E-state index in [1.54, 1.807) is 19.4 Å². The van der Waals surface area contributed by atoms with E-state index in [1.807, 2.05) is 6.07 Å².